The van der Waals surface area contributed by atoms with Crippen molar-refractivity contribution in [2.45, 2.75) is 46.4 Å². The second-order valence-corrected chi connectivity index (χ2v) is 9.76. The van der Waals surface area contributed by atoms with Gasteiger partial charge in [0.15, 0.2) is 0 Å². The quantitative estimate of drug-likeness (QED) is 0.374. The van der Waals surface area contributed by atoms with E-state index in [1.807, 2.05) is 12.1 Å². The Morgan fingerprint density at radius 3 is 2.03 bits per heavy atom. The Kier molecular flexibility index (Phi) is 7.24. The Morgan fingerprint density at radius 2 is 1.43 bits per heavy atom. The van der Waals surface area contributed by atoms with Crippen LogP contribution >= 0.6 is 0 Å². The molecule has 0 bridgehead atoms. The molecule has 2 heterocycles. The molecule has 6 N–H and O–H groups in total. The number of nitrogens with zero attached hydrogens (tertiary/aromatic N) is 2. The number of piperazine rings is 1. The van der Waals surface area contributed by atoms with Crippen LogP contribution in [-0.4, -0.2) is 32.0 Å². The van der Waals surface area contributed by atoms with E-state index in [0.717, 1.165) is 59.9 Å². The maximum absolute atomic E-state index is 6.15. The minimum absolute atomic E-state index is 0.502. The molecule has 0 atom stereocenters. The number of nitrogen functional groups attached to an aromatic ring is 1. The summed E-state index contributed by atoms with van der Waals surface area (Å²) >= 11 is 0. The van der Waals surface area contributed by atoms with Crippen LogP contribution < -0.4 is 31.7 Å². The number of rotatable bonds is 3. The fourth-order valence-corrected chi connectivity index (χ4v) is 4.87. The summed E-state index contributed by atoms with van der Waals surface area (Å²) in [6, 6.07) is 19.0. The van der Waals surface area contributed by atoms with E-state index in [0.29, 0.717) is 6.42 Å². The lowest BCUT2D eigenvalue weighted by Gasteiger charge is -2.38. The number of hydrogen-bond donors (Lipinski definition) is 3. The van der Waals surface area contributed by atoms with Gasteiger partial charge in [-0.25, -0.2) is 0 Å². The van der Waals surface area contributed by atoms with Gasteiger partial charge >= 0.3 is 0 Å². The zero-order valence-electron chi connectivity index (χ0n) is 21.5. The minimum atomic E-state index is -1.16. The highest BCUT2D eigenvalue weighted by atomic mass is 16.5. The summed E-state index contributed by atoms with van der Waals surface area (Å²) in [6.07, 6.45) is 1.75. The van der Waals surface area contributed by atoms with Crippen molar-refractivity contribution in [3.63, 3.8) is 0 Å². The van der Waals surface area contributed by atoms with Gasteiger partial charge in [-0.1, -0.05) is 50.1 Å². The smallest absolute Gasteiger partial charge is 0.217 e. The fourth-order valence-electron chi connectivity index (χ4n) is 4.87. The van der Waals surface area contributed by atoms with Crippen LogP contribution in [0, 0.1) is 13.8 Å². The molecule has 2 aliphatic rings. The van der Waals surface area contributed by atoms with E-state index in [1.165, 1.54) is 23.4 Å². The van der Waals surface area contributed by atoms with Gasteiger partial charge in [0.2, 0.25) is 5.85 Å². The standard InChI is InChI=1S/C26H31N5O.C3H8/c1-17-3-9-22(10-4-17)30-11-13-31(14-12-30)23-15-20-16-26(28,29)32-25(20)18(2)24(23)19-5-7-21(27)8-6-19;1-3-2/h3-10,15H,11-14,16,27-29H2,1-2H3;3H2,1-2H3. The number of ether oxygens (including phenoxy) is 1. The average molecular weight is 474 g/mol. The van der Waals surface area contributed by atoms with Crippen molar-refractivity contribution in [3.05, 3.63) is 71.3 Å². The molecule has 3 aromatic carbocycles. The van der Waals surface area contributed by atoms with E-state index in [2.05, 4.69) is 80.0 Å². The molecule has 5 rings (SSSR count). The number of anilines is 3. The van der Waals surface area contributed by atoms with Gasteiger partial charge in [0.25, 0.3) is 0 Å². The molecule has 6 heteroatoms. The first-order valence-electron chi connectivity index (χ1n) is 12.6. The normalized spacial score (nSPS) is 16.3. The van der Waals surface area contributed by atoms with E-state index in [4.69, 9.17) is 21.9 Å². The number of aryl methyl sites for hydroxylation is 1. The lowest BCUT2D eigenvalue weighted by molar-refractivity contribution is 0.109. The van der Waals surface area contributed by atoms with Crippen molar-refractivity contribution in [1.29, 1.82) is 0 Å². The third kappa shape index (κ3) is 5.39. The predicted octanol–water partition coefficient (Wildman–Crippen LogP) is 4.80. The highest BCUT2D eigenvalue weighted by Crippen LogP contribution is 2.45. The number of hydrogen-bond acceptors (Lipinski definition) is 6. The molecular formula is C29H39N5O. The number of fused-ring (bicyclic) bond motifs is 1. The van der Waals surface area contributed by atoms with Crippen molar-refractivity contribution in [1.82, 2.24) is 0 Å². The van der Waals surface area contributed by atoms with Gasteiger partial charge in [-0.3, -0.25) is 11.5 Å². The topological polar surface area (TPSA) is 93.8 Å². The highest BCUT2D eigenvalue weighted by molar-refractivity contribution is 5.85. The maximum atomic E-state index is 6.15. The average Bonchev–Trinajstić information content (AvgIpc) is 3.15. The van der Waals surface area contributed by atoms with Crippen LogP contribution in [0.2, 0.25) is 0 Å². The highest BCUT2D eigenvalue weighted by Gasteiger charge is 2.35. The molecule has 0 aromatic heterocycles. The summed E-state index contributed by atoms with van der Waals surface area (Å²) in [6.45, 7) is 12.3. The monoisotopic (exact) mass is 473 g/mol. The van der Waals surface area contributed by atoms with Crippen LogP contribution in [0.1, 0.15) is 37.0 Å². The summed E-state index contributed by atoms with van der Waals surface area (Å²) in [5.74, 6) is -0.349. The Morgan fingerprint density at radius 1 is 0.857 bits per heavy atom. The largest absolute Gasteiger partial charge is 0.459 e. The summed E-state index contributed by atoms with van der Waals surface area (Å²) in [4.78, 5) is 4.92. The van der Waals surface area contributed by atoms with Gasteiger partial charge in [0, 0.05) is 66.4 Å². The van der Waals surface area contributed by atoms with Crippen LogP contribution in [0.5, 0.6) is 5.75 Å². The van der Waals surface area contributed by atoms with Crippen LogP contribution in [-0.2, 0) is 6.42 Å². The first-order valence-corrected chi connectivity index (χ1v) is 12.6. The molecule has 0 amide bonds. The molecule has 1 fully saturated rings. The van der Waals surface area contributed by atoms with Gasteiger partial charge in [-0.05, 0) is 49.7 Å². The number of nitrogens with two attached hydrogens (primary N) is 3. The fraction of sp³-hybridized carbons (Fsp3) is 0.379. The first kappa shape index (κ1) is 24.9. The molecule has 3 aromatic rings. The second kappa shape index (κ2) is 10.2. The van der Waals surface area contributed by atoms with Gasteiger partial charge in [0.05, 0.1) is 0 Å². The van der Waals surface area contributed by atoms with Crippen LogP contribution in [0.3, 0.4) is 0 Å². The summed E-state index contributed by atoms with van der Waals surface area (Å²) in [7, 11) is 0. The van der Waals surface area contributed by atoms with E-state index < -0.39 is 5.85 Å². The molecule has 6 nitrogen and oxygen atoms in total. The number of benzene rings is 3. The van der Waals surface area contributed by atoms with Crippen LogP contribution in [0.15, 0.2) is 54.6 Å². The summed E-state index contributed by atoms with van der Waals surface area (Å²) in [5, 5.41) is 0. The molecule has 35 heavy (non-hydrogen) atoms. The van der Waals surface area contributed by atoms with Gasteiger partial charge in [-0.15, -0.1) is 0 Å². The third-order valence-electron chi connectivity index (χ3n) is 6.55. The van der Waals surface area contributed by atoms with Crippen molar-refractivity contribution >= 4 is 17.1 Å². The Labute approximate surface area is 209 Å². The minimum Gasteiger partial charge on any atom is -0.459 e. The molecule has 1 saturated heterocycles. The molecule has 186 valence electrons. The predicted molar refractivity (Wildman–Crippen MR) is 148 cm³/mol. The van der Waals surface area contributed by atoms with Gasteiger partial charge < -0.3 is 20.3 Å². The van der Waals surface area contributed by atoms with E-state index in [1.54, 1.807) is 0 Å². The molecule has 0 spiro atoms. The zero-order chi connectivity index (χ0) is 25.2. The van der Waals surface area contributed by atoms with E-state index in [-0.39, 0.29) is 0 Å². The lowest BCUT2D eigenvalue weighted by Crippen LogP contribution is -2.53. The maximum Gasteiger partial charge on any atom is 0.217 e. The molecule has 0 aliphatic carbocycles. The van der Waals surface area contributed by atoms with Crippen LogP contribution in [0.4, 0.5) is 17.1 Å². The van der Waals surface area contributed by atoms with Crippen molar-refractivity contribution < 1.29 is 4.74 Å². The molecule has 0 saturated carbocycles. The Bertz CT molecular complexity index is 1150. The van der Waals surface area contributed by atoms with Crippen molar-refractivity contribution in [2.24, 2.45) is 11.5 Å². The van der Waals surface area contributed by atoms with Gasteiger partial charge in [-0.2, -0.15) is 0 Å². The van der Waals surface area contributed by atoms with Gasteiger partial charge in [0.1, 0.15) is 5.75 Å². The Hall–Kier alpha value is -3.22. The molecule has 0 unspecified atom stereocenters. The zero-order valence-corrected chi connectivity index (χ0v) is 21.5. The summed E-state index contributed by atoms with van der Waals surface area (Å²) < 4.78 is 5.94. The first-order chi connectivity index (χ1) is 16.7. The SMILES string of the molecule is CCC.Cc1ccc(N2CCN(c3cc4c(c(C)c3-c3ccc(N)cc3)OC(N)(N)C4)CC2)cc1. The van der Waals surface area contributed by atoms with E-state index in [9.17, 15) is 0 Å². The lowest BCUT2D eigenvalue weighted by atomic mass is 9.93. The molecule has 2 aliphatic heterocycles. The molecular weight excluding hydrogens is 434 g/mol. The van der Waals surface area contributed by atoms with Crippen LogP contribution in [0.25, 0.3) is 11.1 Å². The van der Waals surface area contributed by atoms with Crippen molar-refractivity contribution in [3.8, 4) is 16.9 Å². The van der Waals surface area contributed by atoms with E-state index >= 15 is 0 Å². The third-order valence-corrected chi connectivity index (χ3v) is 6.55. The second-order valence-electron chi connectivity index (χ2n) is 9.76. The Balaban J connectivity index is 0.000000917. The molecule has 0 radical (unpaired) electrons. The van der Waals surface area contributed by atoms with Crippen molar-refractivity contribution in [2.75, 3.05) is 41.7 Å². The summed E-state index contributed by atoms with van der Waals surface area (Å²) in [5.41, 5.74) is 27.2.